The highest BCUT2D eigenvalue weighted by Crippen LogP contribution is 2.46. The molecule has 1 saturated carbocycles. The maximum Gasteiger partial charge on any atom is 0.337 e. The number of rotatable bonds is 8. The maximum atomic E-state index is 11.9. The summed E-state index contributed by atoms with van der Waals surface area (Å²) >= 11 is 0. The van der Waals surface area contributed by atoms with E-state index in [4.69, 9.17) is 9.47 Å². The Labute approximate surface area is 200 Å². The first kappa shape index (κ1) is 22.6. The van der Waals surface area contributed by atoms with Gasteiger partial charge in [-0.2, -0.15) is 4.91 Å². The molecule has 34 heavy (non-hydrogen) atoms. The smallest absolute Gasteiger partial charge is 0.337 e. The number of esters is 1. The monoisotopic (exact) mass is 461 g/mol. The average molecular weight is 462 g/mol. The summed E-state index contributed by atoms with van der Waals surface area (Å²) < 4.78 is 10.9. The van der Waals surface area contributed by atoms with Crippen molar-refractivity contribution in [3.63, 3.8) is 0 Å². The van der Waals surface area contributed by atoms with Crippen molar-refractivity contribution in [3.8, 4) is 0 Å². The zero-order chi connectivity index (χ0) is 23.5. The summed E-state index contributed by atoms with van der Waals surface area (Å²) in [6.07, 6.45) is 6.71. The fourth-order valence-electron chi connectivity index (χ4n) is 5.67. The first-order valence-corrected chi connectivity index (χ1v) is 12.1. The van der Waals surface area contributed by atoms with Gasteiger partial charge < -0.3 is 19.7 Å². The molecule has 5 rings (SSSR count). The van der Waals surface area contributed by atoms with Gasteiger partial charge in [0.25, 0.3) is 0 Å². The molecule has 178 valence electrons. The minimum Gasteiger partial charge on any atom is -0.465 e. The highest BCUT2D eigenvalue weighted by atomic mass is 16.5. The average Bonchev–Trinajstić information content (AvgIpc) is 3.48. The lowest BCUT2D eigenvalue weighted by Crippen LogP contribution is -2.32. The molecule has 1 fully saturated rings. The number of nitrogens with one attached hydrogen (secondary N) is 1. The van der Waals surface area contributed by atoms with Gasteiger partial charge in [-0.05, 0) is 61.3 Å². The number of benzene rings is 2. The van der Waals surface area contributed by atoms with E-state index in [1.165, 1.54) is 23.9 Å². The molecule has 1 aliphatic carbocycles. The largest absolute Gasteiger partial charge is 0.465 e. The van der Waals surface area contributed by atoms with Crippen LogP contribution in [-0.2, 0) is 16.1 Å². The Balaban J connectivity index is 1.16. The van der Waals surface area contributed by atoms with Crippen LogP contribution in [0.15, 0.2) is 59.9 Å². The number of ether oxygens (including phenoxy) is 2. The molecule has 0 aromatic heterocycles. The standard InChI is InChI=1S/C27H31N3O4/c1-33-27(31)20-6-4-5-18(13-20)16-34-21-11-9-19(10-12-21)24(29-32)14-25-22-7-2-3-8-23(22)26-15-28-17-30(25)26/h2-8,13,15,19,21,24-25,28H,9-12,14,16-17H2,1H3. The fourth-order valence-corrected chi connectivity index (χ4v) is 5.67. The van der Waals surface area contributed by atoms with Crippen molar-refractivity contribution in [1.29, 1.82) is 0 Å². The third kappa shape index (κ3) is 4.44. The Hall–Kier alpha value is -3.19. The molecule has 2 aliphatic heterocycles. The van der Waals surface area contributed by atoms with Crippen molar-refractivity contribution in [1.82, 2.24) is 10.2 Å². The molecular formula is C27H31N3O4. The number of hydrogen-bond donors (Lipinski definition) is 1. The van der Waals surface area contributed by atoms with Crippen molar-refractivity contribution in [2.45, 2.75) is 56.9 Å². The van der Waals surface area contributed by atoms with Crippen LogP contribution < -0.4 is 5.32 Å². The second-order valence-electron chi connectivity index (χ2n) is 9.41. The second-order valence-corrected chi connectivity index (χ2v) is 9.41. The zero-order valence-corrected chi connectivity index (χ0v) is 19.5. The zero-order valence-electron chi connectivity index (χ0n) is 19.5. The number of nitrogens with zero attached hydrogens (tertiary/aromatic N) is 2. The number of fused-ring (bicyclic) bond motifs is 3. The normalized spacial score (nSPS) is 24.0. The van der Waals surface area contributed by atoms with Crippen LogP contribution in [0.25, 0.3) is 5.70 Å². The van der Waals surface area contributed by atoms with Gasteiger partial charge in [0, 0.05) is 11.8 Å². The number of carbonyl (C=O) groups excluding carboxylic acids is 1. The van der Waals surface area contributed by atoms with Crippen molar-refractivity contribution >= 4 is 11.7 Å². The van der Waals surface area contributed by atoms with Crippen molar-refractivity contribution in [2.24, 2.45) is 11.1 Å². The van der Waals surface area contributed by atoms with E-state index in [1.807, 2.05) is 18.2 Å². The lowest BCUT2D eigenvalue weighted by atomic mass is 9.80. The molecule has 2 aromatic rings. The van der Waals surface area contributed by atoms with E-state index >= 15 is 0 Å². The maximum absolute atomic E-state index is 11.9. The molecule has 7 nitrogen and oxygen atoms in total. The molecule has 0 saturated heterocycles. The molecular weight excluding hydrogens is 430 g/mol. The van der Waals surface area contributed by atoms with Crippen LogP contribution in [0.3, 0.4) is 0 Å². The molecule has 0 amide bonds. The summed E-state index contributed by atoms with van der Waals surface area (Å²) in [6.45, 7) is 1.24. The highest BCUT2D eigenvalue weighted by molar-refractivity contribution is 5.89. The summed E-state index contributed by atoms with van der Waals surface area (Å²) in [4.78, 5) is 26.0. The van der Waals surface area contributed by atoms with Crippen LogP contribution in [0.2, 0.25) is 0 Å². The van der Waals surface area contributed by atoms with E-state index in [1.54, 1.807) is 6.07 Å². The molecule has 0 spiro atoms. The molecule has 2 heterocycles. The number of hydrogen-bond acceptors (Lipinski definition) is 7. The molecule has 1 N–H and O–H groups in total. The fraction of sp³-hybridized carbons (Fsp3) is 0.444. The van der Waals surface area contributed by atoms with Gasteiger partial charge >= 0.3 is 5.97 Å². The van der Waals surface area contributed by atoms with Gasteiger partial charge in [0.1, 0.15) is 0 Å². The Morgan fingerprint density at radius 2 is 1.97 bits per heavy atom. The van der Waals surface area contributed by atoms with Gasteiger partial charge in [-0.25, -0.2) is 4.79 Å². The van der Waals surface area contributed by atoms with Crippen LogP contribution >= 0.6 is 0 Å². The van der Waals surface area contributed by atoms with Crippen molar-refractivity contribution < 1.29 is 14.3 Å². The molecule has 2 aromatic carbocycles. The van der Waals surface area contributed by atoms with E-state index in [0.29, 0.717) is 12.2 Å². The molecule has 7 heteroatoms. The van der Waals surface area contributed by atoms with E-state index in [-0.39, 0.29) is 30.1 Å². The summed E-state index contributed by atoms with van der Waals surface area (Å²) in [6, 6.07) is 15.8. The second kappa shape index (κ2) is 9.97. The highest BCUT2D eigenvalue weighted by Gasteiger charge is 2.39. The van der Waals surface area contributed by atoms with Gasteiger partial charge in [0.15, 0.2) is 0 Å². The number of carbonyl (C=O) groups is 1. The van der Waals surface area contributed by atoms with Crippen LogP contribution in [0.1, 0.15) is 65.2 Å². The third-order valence-corrected chi connectivity index (χ3v) is 7.48. The summed E-state index contributed by atoms with van der Waals surface area (Å²) in [5.41, 5.74) is 5.27. The lowest BCUT2D eigenvalue weighted by molar-refractivity contribution is 0.00377. The SMILES string of the molecule is COC(=O)c1cccc(COC2CCC(C(CC3c4ccccc4C4=CNCN43)N=O)CC2)c1. The Morgan fingerprint density at radius 3 is 2.76 bits per heavy atom. The topological polar surface area (TPSA) is 80.2 Å². The first-order chi connectivity index (χ1) is 16.7. The Kier molecular flexibility index (Phi) is 6.63. The van der Waals surface area contributed by atoms with E-state index in [2.05, 4.69) is 45.9 Å². The van der Waals surface area contributed by atoms with Gasteiger partial charge in [0.05, 0.1) is 49.8 Å². The molecule has 2 atom stereocenters. The number of methoxy groups -OCH3 is 1. The van der Waals surface area contributed by atoms with E-state index in [0.717, 1.165) is 44.3 Å². The molecule has 0 bridgehead atoms. The molecule has 2 unspecified atom stereocenters. The van der Waals surface area contributed by atoms with Crippen molar-refractivity contribution in [2.75, 3.05) is 13.8 Å². The summed E-state index contributed by atoms with van der Waals surface area (Å²) in [5.74, 6) is -0.0530. The van der Waals surface area contributed by atoms with Crippen molar-refractivity contribution in [3.05, 3.63) is 81.9 Å². The Bertz CT molecular complexity index is 1080. The van der Waals surface area contributed by atoms with Crippen LogP contribution in [0.5, 0.6) is 0 Å². The summed E-state index contributed by atoms with van der Waals surface area (Å²) in [5, 5.41) is 6.94. The minimum absolute atomic E-state index is 0.162. The Morgan fingerprint density at radius 1 is 1.15 bits per heavy atom. The van der Waals surface area contributed by atoms with Gasteiger partial charge in [0.2, 0.25) is 0 Å². The van der Waals surface area contributed by atoms with Crippen LogP contribution in [0.4, 0.5) is 0 Å². The van der Waals surface area contributed by atoms with E-state index in [9.17, 15) is 9.70 Å². The quantitative estimate of drug-likeness (QED) is 0.441. The lowest BCUT2D eigenvalue weighted by Gasteiger charge is -2.33. The number of nitroso groups, excluding NO2 is 1. The van der Waals surface area contributed by atoms with Gasteiger partial charge in [-0.3, -0.25) is 0 Å². The van der Waals surface area contributed by atoms with Gasteiger partial charge in [-0.15, -0.1) is 0 Å². The van der Waals surface area contributed by atoms with E-state index < -0.39 is 0 Å². The minimum atomic E-state index is -0.341. The third-order valence-electron chi connectivity index (χ3n) is 7.48. The van der Waals surface area contributed by atoms with Crippen LogP contribution in [0, 0.1) is 10.8 Å². The molecule has 0 radical (unpaired) electrons. The predicted octanol–water partition coefficient (Wildman–Crippen LogP) is 4.99. The summed E-state index contributed by atoms with van der Waals surface area (Å²) in [7, 11) is 1.38. The van der Waals surface area contributed by atoms with Crippen LogP contribution in [-0.4, -0.2) is 36.8 Å². The van der Waals surface area contributed by atoms with Gasteiger partial charge in [-0.1, -0.05) is 41.6 Å². The molecule has 3 aliphatic rings. The first-order valence-electron chi connectivity index (χ1n) is 12.1. The predicted molar refractivity (Wildman–Crippen MR) is 130 cm³/mol.